The summed E-state index contributed by atoms with van der Waals surface area (Å²) < 4.78 is 11.0. The van der Waals surface area contributed by atoms with Crippen LogP contribution in [0.15, 0.2) is 0 Å². The fraction of sp³-hybridized carbons (Fsp3) is 0.769. The van der Waals surface area contributed by atoms with Crippen molar-refractivity contribution in [3.8, 4) is 6.01 Å². The van der Waals surface area contributed by atoms with Crippen LogP contribution in [0.3, 0.4) is 0 Å². The predicted octanol–water partition coefficient (Wildman–Crippen LogP) is 1.61. The Morgan fingerprint density at radius 3 is 2.75 bits per heavy atom. The first kappa shape index (κ1) is 14.8. The SMILES string of the molecule is CCC1(CC)CC(Nc2nc(N)nc(OC)n2)CCO1. The second-order valence-electron chi connectivity index (χ2n) is 5.08. The summed E-state index contributed by atoms with van der Waals surface area (Å²) in [6.07, 6.45) is 3.87. The average molecular weight is 281 g/mol. The third-order valence-corrected chi connectivity index (χ3v) is 3.93. The number of hydrogen-bond acceptors (Lipinski definition) is 7. The smallest absolute Gasteiger partial charge is 0.322 e. The molecule has 7 heteroatoms. The topological polar surface area (TPSA) is 95.2 Å². The van der Waals surface area contributed by atoms with Crippen molar-refractivity contribution in [3.05, 3.63) is 0 Å². The first-order valence-electron chi connectivity index (χ1n) is 7.07. The molecule has 7 nitrogen and oxygen atoms in total. The van der Waals surface area contributed by atoms with E-state index in [9.17, 15) is 0 Å². The minimum absolute atomic E-state index is 0.0431. The molecule has 1 unspecified atom stereocenters. The largest absolute Gasteiger partial charge is 0.467 e. The van der Waals surface area contributed by atoms with Gasteiger partial charge in [-0.25, -0.2) is 0 Å². The van der Waals surface area contributed by atoms with E-state index in [-0.39, 0.29) is 23.6 Å². The van der Waals surface area contributed by atoms with Crippen LogP contribution in [0, 0.1) is 0 Å². The van der Waals surface area contributed by atoms with Crippen LogP contribution < -0.4 is 15.8 Å². The van der Waals surface area contributed by atoms with Crippen molar-refractivity contribution in [1.29, 1.82) is 0 Å². The number of hydrogen-bond donors (Lipinski definition) is 2. The first-order chi connectivity index (χ1) is 9.60. The molecule has 0 aromatic carbocycles. The fourth-order valence-corrected chi connectivity index (χ4v) is 2.60. The van der Waals surface area contributed by atoms with E-state index in [1.807, 2.05) is 0 Å². The molecule has 0 bridgehead atoms. The number of ether oxygens (including phenoxy) is 2. The molecule has 0 spiro atoms. The lowest BCUT2D eigenvalue weighted by Crippen LogP contribution is -2.43. The highest BCUT2D eigenvalue weighted by molar-refractivity contribution is 5.33. The highest BCUT2D eigenvalue weighted by Crippen LogP contribution is 2.32. The van der Waals surface area contributed by atoms with Crippen LogP contribution in [0.4, 0.5) is 11.9 Å². The minimum Gasteiger partial charge on any atom is -0.467 e. The summed E-state index contributed by atoms with van der Waals surface area (Å²) >= 11 is 0. The van der Waals surface area contributed by atoms with Gasteiger partial charge in [0.25, 0.3) is 0 Å². The monoisotopic (exact) mass is 281 g/mol. The van der Waals surface area contributed by atoms with Crippen LogP contribution in [-0.2, 0) is 4.74 Å². The highest BCUT2D eigenvalue weighted by atomic mass is 16.5. The average Bonchev–Trinajstić information content (AvgIpc) is 2.46. The second-order valence-corrected chi connectivity index (χ2v) is 5.08. The van der Waals surface area contributed by atoms with Gasteiger partial charge in [-0.2, -0.15) is 15.0 Å². The Bertz CT molecular complexity index is 450. The lowest BCUT2D eigenvalue weighted by Gasteiger charge is -2.40. The van der Waals surface area contributed by atoms with Gasteiger partial charge in [-0.3, -0.25) is 0 Å². The summed E-state index contributed by atoms with van der Waals surface area (Å²) in [6.45, 7) is 5.07. The van der Waals surface area contributed by atoms with E-state index in [4.69, 9.17) is 15.2 Å². The quantitative estimate of drug-likeness (QED) is 0.846. The zero-order chi connectivity index (χ0) is 14.6. The van der Waals surface area contributed by atoms with E-state index in [1.54, 1.807) is 0 Å². The molecular weight excluding hydrogens is 258 g/mol. The number of methoxy groups -OCH3 is 1. The van der Waals surface area contributed by atoms with Gasteiger partial charge >= 0.3 is 6.01 Å². The summed E-state index contributed by atoms with van der Waals surface area (Å²) in [6, 6.07) is 0.500. The molecular formula is C13H23N5O2. The molecule has 1 aliphatic heterocycles. The maximum absolute atomic E-state index is 5.96. The van der Waals surface area contributed by atoms with Gasteiger partial charge in [0.2, 0.25) is 11.9 Å². The Morgan fingerprint density at radius 1 is 1.35 bits per heavy atom. The lowest BCUT2D eigenvalue weighted by atomic mass is 9.86. The number of nitrogens with zero attached hydrogens (tertiary/aromatic N) is 3. The predicted molar refractivity (Wildman–Crippen MR) is 76.7 cm³/mol. The Balaban J connectivity index is 2.08. The molecule has 1 aromatic rings. The van der Waals surface area contributed by atoms with Crippen LogP contribution in [-0.4, -0.2) is 40.3 Å². The van der Waals surface area contributed by atoms with Crippen LogP contribution in [0.2, 0.25) is 0 Å². The molecule has 0 radical (unpaired) electrons. The molecule has 1 atom stereocenters. The third-order valence-electron chi connectivity index (χ3n) is 3.93. The van der Waals surface area contributed by atoms with Crippen molar-refractivity contribution in [2.45, 2.75) is 51.2 Å². The van der Waals surface area contributed by atoms with E-state index < -0.39 is 0 Å². The summed E-state index contributed by atoms with van der Waals surface area (Å²) in [5, 5.41) is 3.32. The first-order valence-corrected chi connectivity index (χ1v) is 7.07. The van der Waals surface area contributed by atoms with E-state index in [0.717, 1.165) is 32.3 Å². The van der Waals surface area contributed by atoms with Crippen molar-refractivity contribution in [3.63, 3.8) is 0 Å². The van der Waals surface area contributed by atoms with E-state index in [1.165, 1.54) is 7.11 Å². The van der Waals surface area contributed by atoms with E-state index in [0.29, 0.717) is 5.95 Å². The molecule has 1 saturated heterocycles. The van der Waals surface area contributed by atoms with Crippen molar-refractivity contribution in [2.75, 3.05) is 24.8 Å². The lowest BCUT2D eigenvalue weighted by molar-refractivity contribution is -0.0865. The van der Waals surface area contributed by atoms with Crippen LogP contribution in [0.25, 0.3) is 0 Å². The van der Waals surface area contributed by atoms with Crippen molar-refractivity contribution in [1.82, 2.24) is 15.0 Å². The van der Waals surface area contributed by atoms with Crippen LogP contribution in [0.1, 0.15) is 39.5 Å². The van der Waals surface area contributed by atoms with Gasteiger partial charge in [0.15, 0.2) is 0 Å². The van der Waals surface area contributed by atoms with Gasteiger partial charge in [-0.15, -0.1) is 0 Å². The van der Waals surface area contributed by atoms with Gasteiger partial charge in [0.1, 0.15) is 0 Å². The molecule has 0 saturated carbocycles. The molecule has 20 heavy (non-hydrogen) atoms. The zero-order valence-corrected chi connectivity index (χ0v) is 12.3. The standard InChI is InChI=1S/C13H23N5O2/c1-4-13(5-2)8-9(6-7-20-13)15-11-16-10(14)17-12(18-11)19-3/h9H,4-8H2,1-3H3,(H3,14,15,16,17,18). The number of nitrogens with two attached hydrogens (primary N) is 1. The normalized spacial score (nSPS) is 21.4. The Hall–Kier alpha value is -1.63. The number of aromatic nitrogens is 3. The fourth-order valence-electron chi connectivity index (χ4n) is 2.60. The molecule has 1 aromatic heterocycles. The number of anilines is 2. The number of nitrogens with one attached hydrogen (secondary N) is 1. The van der Waals surface area contributed by atoms with E-state index >= 15 is 0 Å². The summed E-state index contributed by atoms with van der Waals surface area (Å²) in [5.41, 5.74) is 5.60. The maximum Gasteiger partial charge on any atom is 0.322 e. The van der Waals surface area contributed by atoms with E-state index in [2.05, 4.69) is 34.1 Å². The van der Waals surface area contributed by atoms with Gasteiger partial charge in [0.05, 0.1) is 12.7 Å². The molecule has 112 valence electrons. The molecule has 0 aliphatic carbocycles. The number of rotatable bonds is 5. The summed E-state index contributed by atoms with van der Waals surface area (Å²) in [4.78, 5) is 12.1. The molecule has 0 amide bonds. The van der Waals surface area contributed by atoms with Crippen molar-refractivity contribution >= 4 is 11.9 Å². The van der Waals surface area contributed by atoms with Crippen LogP contribution >= 0.6 is 0 Å². The van der Waals surface area contributed by atoms with Gasteiger partial charge in [-0.1, -0.05) is 13.8 Å². The van der Waals surface area contributed by atoms with Crippen LogP contribution in [0.5, 0.6) is 6.01 Å². The zero-order valence-electron chi connectivity index (χ0n) is 12.3. The Kier molecular flexibility index (Phi) is 4.59. The molecule has 1 fully saturated rings. The Morgan fingerprint density at radius 2 is 2.10 bits per heavy atom. The highest BCUT2D eigenvalue weighted by Gasteiger charge is 2.34. The number of nitrogen functional groups attached to an aromatic ring is 1. The van der Waals surface area contributed by atoms with Crippen molar-refractivity contribution < 1.29 is 9.47 Å². The summed E-state index contributed by atoms with van der Waals surface area (Å²) in [5.74, 6) is 0.617. The van der Waals surface area contributed by atoms with Gasteiger partial charge < -0.3 is 20.5 Å². The van der Waals surface area contributed by atoms with Gasteiger partial charge in [-0.05, 0) is 25.7 Å². The molecule has 2 heterocycles. The van der Waals surface area contributed by atoms with Crippen molar-refractivity contribution in [2.24, 2.45) is 0 Å². The Labute approximate surface area is 119 Å². The van der Waals surface area contributed by atoms with Gasteiger partial charge in [0, 0.05) is 12.6 Å². The maximum atomic E-state index is 5.96. The molecule has 2 rings (SSSR count). The minimum atomic E-state index is -0.0431. The summed E-state index contributed by atoms with van der Waals surface area (Å²) in [7, 11) is 1.51. The molecule has 1 aliphatic rings. The third kappa shape index (κ3) is 3.27. The molecule has 3 N–H and O–H groups in total. The second kappa shape index (κ2) is 6.21.